The Morgan fingerprint density at radius 3 is 2.62 bits per heavy atom. The molecule has 0 bridgehead atoms. The topological polar surface area (TPSA) is 77.6 Å². The Morgan fingerprint density at radius 1 is 1.28 bits per heavy atom. The molecule has 3 rings (SSSR count). The number of fused-ring (bicyclic) bond motifs is 1. The second-order valence-electron chi connectivity index (χ2n) is 6.90. The summed E-state index contributed by atoms with van der Waals surface area (Å²) in [6.07, 6.45) is 2.08. The van der Waals surface area contributed by atoms with Crippen molar-refractivity contribution in [3.63, 3.8) is 0 Å². The van der Waals surface area contributed by atoms with Crippen molar-refractivity contribution in [1.82, 2.24) is 9.47 Å². The third-order valence-electron chi connectivity index (χ3n) is 4.96. The maximum absolute atomic E-state index is 13.2. The summed E-state index contributed by atoms with van der Waals surface area (Å²) in [4.78, 5) is 27.5. The van der Waals surface area contributed by atoms with Crippen molar-refractivity contribution < 1.29 is 9.53 Å². The first kappa shape index (κ1) is 22.3. The molecule has 0 radical (unpaired) electrons. The highest BCUT2D eigenvalue weighted by molar-refractivity contribution is 7.99. The predicted molar refractivity (Wildman–Crippen MR) is 120 cm³/mol. The highest BCUT2D eigenvalue weighted by atomic mass is 35.5. The largest absolute Gasteiger partial charge is 0.491 e. The fourth-order valence-electron chi connectivity index (χ4n) is 3.35. The average molecular weight is 458 g/mol. The number of pyridine rings is 1. The molecule has 2 aromatic rings. The molecule has 1 amide bonds. The fourth-order valence-corrected chi connectivity index (χ4v) is 4.65. The summed E-state index contributed by atoms with van der Waals surface area (Å²) in [6.45, 7) is 3.68. The first-order chi connectivity index (χ1) is 14.0. The van der Waals surface area contributed by atoms with Gasteiger partial charge < -0.3 is 19.9 Å². The van der Waals surface area contributed by atoms with Gasteiger partial charge in [-0.15, -0.1) is 11.8 Å². The SMILES string of the molecule is CCCCOc1c(CN)n(CCC(=O)N2CCSC2)c(=O)c2cc(Cl)c(Cl)cc12. The van der Waals surface area contributed by atoms with Gasteiger partial charge in [-0.2, -0.15) is 0 Å². The van der Waals surface area contributed by atoms with Crippen molar-refractivity contribution in [2.24, 2.45) is 5.73 Å². The van der Waals surface area contributed by atoms with E-state index in [1.165, 1.54) is 0 Å². The molecule has 9 heteroatoms. The van der Waals surface area contributed by atoms with Gasteiger partial charge in [0.2, 0.25) is 5.91 Å². The summed E-state index contributed by atoms with van der Waals surface area (Å²) < 4.78 is 7.59. The van der Waals surface area contributed by atoms with Crippen LogP contribution in [0.2, 0.25) is 10.0 Å². The maximum atomic E-state index is 13.2. The minimum atomic E-state index is -0.245. The number of benzene rings is 1. The molecule has 29 heavy (non-hydrogen) atoms. The fraction of sp³-hybridized carbons (Fsp3) is 0.500. The number of rotatable bonds is 8. The summed E-state index contributed by atoms with van der Waals surface area (Å²) in [5.74, 6) is 2.23. The number of halogens is 2. The Balaban J connectivity index is 2.04. The van der Waals surface area contributed by atoms with Gasteiger partial charge in [-0.25, -0.2) is 0 Å². The second-order valence-corrected chi connectivity index (χ2v) is 8.78. The number of aromatic nitrogens is 1. The van der Waals surface area contributed by atoms with Gasteiger partial charge in [0.15, 0.2) is 0 Å². The number of carbonyl (C=O) groups excluding carboxylic acids is 1. The third-order valence-corrected chi connectivity index (χ3v) is 6.65. The van der Waals surface area contributed by atoms with Crippen LogP contribution >= 0.6 is 35.0 Å². The van der Waals surface area contributed by atoms with Crippen LogP contribution in [0.15, 0.2) is 16.9 Å². The molecule has 1 aliphatic heterocycles. The maximum Gasteiger partial charge on any atom is 0.258 e. The number of carbonyl (C=O) groups is 1. The number of ether oxygens (including phenoxy) is 1. The Morgan fingerprint density at radius 2 is 2.00 bits per heavy atom. The third kappa shape index (κ3) is 4.85. The van der Waals surface area contributed by atoms with Gasteiger partial charge in [0.25, 0.3) is 5.56 Å². The smallest absolute Gasteiger partial charge is 0.258 e. The quantitative estimate of drug-likeness (QED) is 0.608. The Hall–Kier alpha value is -1.41. The van der Waals surface area contributed by atoms with Gasteiger partial charge in [0.1, 0.15) is 5.75 Å². The molecule has 1 saturated heterocycles. The standard InChI is InChI=1S/C20H25Cl2N3O3S/c1-2-3-7-28-19-13-9-15(21)16(22)10-14(13)20(27)25(17(19)11-23)5-4-18(26)24-6-8-29-12-24/h9-10H,2-8,11-12,23H2,1H3. The van der Waals surface area contributed by atoms with Crippen molar-refractivity contribution in [1.29, 1.82) is 0 Å². The molecule has 2 heterocycles. The van der Waals surface area contributed by atoms with Gasteiger partial charge in [-0.1, -0.05) is 36.5 Å². The summed E-state index contributed by atoms with van der Waals surface area (Å²) in [5.41, 5.74) is 6.34. The van der Waals surface area contributed by atoms with E-state index in [9.17, 15) is 9.59 Å². The second kappa shape index (κ2) is 10.1. The van der Waals surface area contributed by atoms with E-state index in [0.717, 1.165) is 25.1 Å². The van der Waals surface area contributed by atoms with Crippen LogP contribution in [0.5, 0.6) is 5.75 Å². The van der Waals surface area contributed by atoms with Crippen LogP contribution in [0.3, 0.4) is 0 Å². The van der Waals surface area contributed by atoms with Gasteiger partial charge >= 0.3 is 0 Å². The molecule has 158 valence electrons. The molecule has 1 aromatic heterocycles. The highest BCUT2D eigenvalue weighted by Gasteiger charge is 2.22. The van der Waals surface area contributed by atoms with E-state index in [4.69, 9.17) is 33.7 Å². The van der Waals surface area contributed by atoms with E-state index in [0.29, 0.717) is 44.7 Å². The van der Waals surface area contributed by atoms with E-state index in [1.54, 1.807) is 28.5 Å². The molecule has 0 saturated carbocycles. The van der Waals surface area contributed by atoms with Crippen molar-refractivity contribution in [2.75, 3.05) is 24.8 Å². The highest BCUT2D eigenvalue weighted by Crippen LogP contribution is 2.34. The van der Waals surface area contributed by atoms with Crippen molar-refractivity contribution in [2.45, 2.75) is 39.3 Å². The molecule has 2 N–H and O–H groups in total. The summed E-state index contributed by atoms with van der Waals surface area (Å²) >= 11 is 14.1. The molecule has 0 aliphatic carbocycles. The molecular weight excluding hydrogens is 433 g/mol. The van der Waals surface area contributed by atoms with E-state index in [-0.39, 0.29) is 31.0 Å². The summed E-state index contributed by atoms with van der Waals surface area (Å²) in [6, 6.07) is 3.21. The zero-order valence-electron chi connectivity index (χ0n) is 16.4. The van der Waals surface area contributed by atoms with Crippen molar-refractivity contribution in [3.05, 3.63) is 38.2 Å². The number of nitrogens with two attached hydrogens (primary N) is 1. The van der Waals surface area contributed by atoms with Crippen LogP contribution in [0.1, 0.15) is 31.9 Å². The number of nitrogens with zero attached hydrogens (tertiary/aromatic N) is 2. The Kier molecular flexibility index (Phi) is 7.73. The lowest BCUT2D eigenvalue weighted by molar-refractivity contribution is -0.129. The number of amides is 1. The van der Waals surface area contributed by atoms with Crippen LogP contribution in [0.4, 0.5) is 0 Å². The lowest BCUT2D eigenvalue weighted by atomic mass is 10.1. The molecule has 1 aromatic carbocycles. The van der Waals surface area contributed by atoms with Crippen LogP contribution in [-0.4, -0.2) is 40.2 Å². The van der Waals surface area contributed by atoms with Gasteiger partial charge in [0.05, 0.1) is 33.6 Å². The first-order valence-electron chi connectivity index (χ1n) is 9.70. The summed E-state index contributed by atoms with van der Waals surface area (Å²) in [7, 11) is 0. The van der Waals surface area contributed by atoms with Crippen LogP contribution in [0, 0.1) is 0 Å². The van der Waals surface area contributed by atoms with E-state index in [2.05, 4.69) is 6.92 Å². The molecule has 1 fully saturated rings. The van der Waals surface area contributed by atoms with Gasteiger partial charge in [-0.05, 0) is 18.6 Å². The lowest BCUT2D eigenvalue weighted by Crippen LogP contribution is -2.32. The first-order valence-corrected chi connectivity index (χ1v) is 11.6. The molecular formula is C20H25Cl2N3O3S. The normalized spacial score (nSPS) is 14.0. The van der Waals surface area contributed by atoms with Crippen LogP contribution in [-0.2, 0) is 17.9 Å². The minimum absolute atomic E-state index is 0.0348. The molecule has 6 nitrogen and oxygen atoms in total. The van der Waals surface area contributed by atoms with E-state index < -0.39 is 0 Å². The lowest BCUT2D eigenvalue weighted by Gasteiger charge is -2.20. The summed E-state index contributed by atoms with van der Waals surface area (Å²) in [5, 5.41) is 1.65. The number of thioether (sulfide) groups is 1. The molecule has 1 aliphatic rings. The molecule has 0 atom stereocenters. The zero-order valence-corrected chi connectivity index (χ0v) is 18.7. The number of hydrogen-bond acceptors (Lipinski definition) is 5. The van der Waals surface area contributed by atoms with Gasteiger partial charge in [-0.3, -0.25) is 9.59 Å². The number of hydrogen-bond donors (Lipinski definition) is 1. The monoisotopic (exact) mass is 457 g/mol. The average Bonchev–Trinajstić information content (AvgIpc) is 3.25. The van der Waals surface area contributed by atoms with Gasteiger partial charge in [0, 0.05) is 37.2 Å². The Bertz CT molecular complexity index is 958. The zero-order chi connectivity index (χ0) is 21.0. The minimum Gasteiger partial charge on any atom is -0.491 e. The molecule has 0 spiro atoms. The van der Waals surface area contributed by atoms with Crippen molar-refractivity contribution >= 4 is 51.6 Å². The predicted octanol–water partition coefficient (Wildman–Crippen LogP) is 3.87. The van der Waals surface area contributed by atoms with E-state index in [1.807, 2.05) is 4.90 Å². The van der Waals surface area contributed by atoms with Crippen molar-refractivity contribution in [3.8, 4) is 5.75 Å². The Labute approximate surface area is 184 Å². The number of unbranched alkanes of at least 4 members (excludes halogenated alkanes) is 1. The van der Waals surface area contributed by atoms with E-state index >= 15 is 0 Å². The molecule has 0 unspecified atom stereocenters. The van der Waals surface area contributed by atoms with Crippen LogP contribution in [0.25, 0.3) is 10.8 Å². The van der Waals surface area contributed by atoms with Crippen LogP contribution < -0.4 is 16.0 Å².